The Hall–Kier alpha value is -1.51. The van der Waals surface area contributed by atoms with E-state index in [0.717, 1.165) is 19.5 Å². The molecule has 0 amide bonds. The molecule has 1 aliphatic carbocycles. The molecule has 3 heteroatoms. The van der Waals surface area contributed by atoms with E-state index in [-0.39, 0.29) is 6.42 Å². The molecule has 0 atom stereocenters. The second-order valence-electron chi connectivity index (χ2n) is 5.92. The van der Waals surface area contributed by atoms with Crippen LogP contribution in [0.15, 0.2) is 24.3 Å². The van der Waals surface area contributed by atoms with E-state index in [9.17, 15) is 4.79 Å². The van der Waals surface area contributed by atoms with Gasteiger partial charge < -0.3 is 10.0 Å². The highest BCUT2D eigenvalue weighted by molar-refractivity contribution is 5.67. The smallest absolute Gasteiger partial charge is 0.303 e. The number of fused-ring (bicyclic) bond motifs is 2. The number of hydrogen-bond donors (Lipinski definition) is 1. The number of carboxylic acids is 1. The minimum atomic E-state index is -0.692. The number of anilines is 1. The average Bonchev–Trinajstić information content (AvgIpc) is 2.98. The third kappa shape index (κ3) is 2.22. The summed E-state index contributed by atoms with van der Waals surface area (Å²) in [7, 11) is 0. The normalized spacial score (nSPS) is 19.9. The van der Waals surface area contributed by atoms with Gasteiger partial charge in [-0.25, -0.2) is 0 Å². The Morgan fingerprint density at radius 3 is 2.74 bits per heavy atom. The highest BCUT2D eigenvalue weighted by atomic mass is 16.4. The van der Waals surface area contributed by atoms with Crippen molar-refractivity contribution in [1.29, 1.82) is 0 Å². The van der Waals surface area contributed by atoms with E-state index in [1.165, 1.54) is 36.9 Å². The van der Waals surface area contributed by atoms with Gasteiger partial charge >= 0.3 is 5.97 Å². The number of hydrogen-bond acceptors (Lipinski definition) is 2. The molecule has 1 aliphatic heterocycles. The van der Waals surface area contributed by atoms with Crippen LogP contribution in [0.4, 0.5) is 5.69 Å². The van der Waals surface area contributed by atoms with Gasteiger partial charge in [0.2, 0.25) is 0 Å². The first kappa shape index (κ1) is 12.5. The zero-order valence-electron chi connectivity index (χ0n) is 11.3. The van der Waals surface area contributed by atoms with Crippen LogP contribution in [0.3, 0.4) is 0 Å². The Morgan fingerprint density at radius 2 is 2.00 bits per heavy atom. The van der Waals surface area contributed by atoms with Crippen molar-refractivity contribution in [3.8, 4) is 0 Å². The van der Waals surface area contributed by atoms with Gasteiger partial charge in [-0.2, -0.15) is 0 Å². The third-order valence-electron chi connectivity index (χ3n) is 4.69. The van der Waals surface area contributed by atoms with Gasteiger partial charge in [-0.1, -0.05) is 31.0 Å². The molecule has 0 saturated heterocycles. The van der Waals surface area contributed by atoms with Crippen LogP contribution < -0.4 is 4.90 Å². The zero-order valence-corrected chi connectivity index (χ0v) is 11.3. The van der Waals surface area contributed by atoms with Crippen molar-refractivity contribution in [1.82, 2.24) is 0 Å². The molecule has 1 fully saturated rings. The number of rotatable bonds is 4. The standard InChI is InChI=1S/C16H21NO2/c18-15(19)8-5-11-17-12-16(9-3-4-10-16)13-6-1-2-7-14(13)17/h1-2,6-7H,3-5,8-12H2,(H,18,19). The van der Waals surface area contributed by atoms with Crippen molar-refractivity contribution < 1.29 is 9.90 Å². The van der Waals surface area contributed by atoms with Crippen molar-refractivity contribution in [2.45, 2.75) is 43.9 Å². The van der Waals surface area contributed by atoms with Crippen LogP contribution in [0, 0.1) is 0 Å². The molecule has 0 radical (unpaired) electrons. The van der Waals surface area contributed by atoms with Crippen molar-refractivity contribution in [3.63, 3.8) is 0 Å². The summed E-state index contributed by atoms with van der Waals surface area (Å²) >= 11 is 0. The molecule has 1 aromatic rings. The van der Waals surface area contributed by atoms with Gasteiger partial charge in [0.1, 0.15) is 0 Å². The lowest BCUT2D eigenvalue weighted by Gasteiger charge is -2.25. The van der Waals surface area contributed by atoms with Crippen LogP contribution in [-0.4, -0.2) is 24.2 Å². The molecule has 19 heavy (non-hydrogen) atoms. The topological polar surface area (TPSA) is 40.5 Å². The van der Waals surface area contributed by atoms with E-state index < -0.39 is 5.97 Å². The van der Waals surface area contributed by atoms with Crippen molar-refractivity contribution >= 4 is 11.7 Å². The average molecular weight is 259 g/mol. The number of carboxylic acid groups (broad SMARTS) is 1. The first-order valence-electron chi connectivity index (χ1n) is 7.28. The van der Waals surface area contributed by atoms with Gasteiger partial charge in [0.15, 0.2) is 0 Å². The molecule has 3 nitrogen and oxygen atoms in total. The van der Waals surface area contributed by atoms with Gasteiger partial charge in [-0.15, -0.1) is 0 Å². The maximum atomic E-state index is 10.6. The fraction of sp³-hybridized carbons (Fsp3) is 0.562. The van der Waals surface area contributed by atoms with Gasteiger partial charge in [-0.05, 0) is 30.9 Å². The van der Waals surface area contributed by atoms with E-state index in [2.05, 4.69) is 29.2 Å². The quantitative estimate of drug-likeness (QED) is 0.902. The van der Waals surface area contributed by atoms with Crippen LogP contribution in [0.1, 0.15) is 44.1 Å². The zero-order chi connectivity index (χ0) is 13.3. The van der Waals surface area contributed by atoms with Crippen LogP contribution in [-0.2, 0) is 10.2 Å². The SMILES string of the molecule is O=C(O)CCCN1CC2(CCCC2)c2ccccc21. The Kier molecular flexibility index (Phi) is 3.21. The molecule has 3 rings (SSSR count). The Morgan fingerprint density at radius 1 is 1.26 bits per heavy atom. The highest BCUT2D eigenvalue weighted by Crippen LogP contribution is 2.50. The number of carbonyl (C=O) groups is 1. The van der Waals surface area contributed by atoms with E-state index >= 15 is 0 Å². The first-order chi connectivity index (χ1) is 9.21. The Bertz CT molecular complexity index is 477. The van der Waals surface area contributed by atoms with E-state index in [0.29, 0.717) is 5.41 Å². The van der Waals surface area contributed by atoms with E-state index in [1.54, 1.807) is 0 Å². The molecular formula is C16H21NO2. The van der Waals surface area contributed by atoms with Crippen LogP contribution in [0.25, 0.3) is 0 Å². The Labute approximate surface area is 114 Å². The first-order valence-corrected chi connectivity index (χ1v) is 7.28. The fourth-order valence-electron chi connectivity index (χ4n) is 3.83. The predicted molar refractivity (Wildman–Crippen MR) is 75.7 cm³/mol. The second kappa shape index (κ2) is 4.87. The minimum Gasteiger partial charge on any atom is -0.481 e. The van der Waals surface area contributed by atoms with Gasteiger partial charge in [0, 0.05) is 30.6 Å². The molecule has 0 bridgehead atoms. The van der Waals surface area contributed by atoms with Gasteiger partial charge in [0.05, 0.1) is 0 Å². The molecule has 0 aromatic heterocycles. The molecule has 1 saturated carbocycles. The molecule has 2 aliphatic rings. The van der Waals surface area contributed by atoms with Crippen LogP contribution in [0.2, 0.25) is 0 Å². The molecule has 0 unspecified atom stereocenters. The lowest BCUT2D eigenvalue weighted by Crippen LogP contribution is -2.31. The maximum Gasteiger partial charge on any atom is 0.303 e. The largest absolute Gasteiger partial charge is 0.481 e. The minimum absolute atomic E-state index is 0.270. The summed E-state index contributed by atoms with van der Waals surface area (Å²) in [5, 5.41) is 8.77. The number of benzene rings is 1. The van der Waals surface area contributed by atoms with Gasteiger partial charge in [-0.3, -0.25) is 4.79 Å². The van der Waals surface area contributed by atoms with Crippen LogP contribution >= 0.6 is 0 Å². The summed E-state index contributed by atoms with van der Waals surface area (Å²) in [5.74, 6) is -0.692. The van der Waals surface area contributed by atoms with E-state index in [1.807, 2.05) is 0 Å². The van der Waals surface area contributed by atoms with E-state index in [4.69, 9.17) is 5.11 Å². The monoisotopic (exact) mass is 259 g/mol. The number of aliphatic carboxylic acids is 1. The predicted octanol–water partition coefficient (Wildman–Crippen LogP) is 3.18. The molecule has 102 valence electrons. The lowest BCUT2D eigenvalue weighted by molar-refractivity contribution is -0.137. The summed E-state index contributed by atoms with van der Waals surface area (Å²) in [6.07, 6.45) is 6.25. The summed E-state index contributed by atoms with van der Waals surface area (Å²) < 4.78 is 0. The number of nitrogens with zero attached hydrogens (tertiary/aromatic N) is 1. The number of para-hydroxylation sites is 1. The summed E-state index contributed by atoms with van der Waals surface area (Å²) in [5.41, 5.74) is 3.21. The van der Waals surface area contributed by atoms with Crippen molar-refractivity contribution in [2.24, 2.45) is 0 Å². The third-order valence-corrected chi connectivity index (χ3v) is 4.69. The molecule has 1 spiro atoms. The highest BCUT2D eigenvalue weighted by Gasteiger charge is 2.43. The Balaban J connectivity index is 1.79. The molecule has 1 heterocycles. The molecule has 1 aromatic carbocycles. The lowest BCUT2D eigenvalue weighted by atomic mass is 9.81. The van der Waals surface area contributed by atoms with Crippen molar-refractivity contribution in [2.75, 3.05) is 18.0 Å². The maximum absolute atomic E-state index is 10.6. The summed E-state index contributed by atoms with van der Waals surface area (Å²) in [6, 6.07) is 8.71. The van der Waals surface area contributed by atoms with Gasteiger partial charge in [0.25, 0.3) is 0 Å². The summed E-state index contributed by atoms with van der Waals surface area (Å²) in [4.78, 5) is 13.1. The summed E-state index contributed by atoms with van der Waals surface area (Å²) in [6.45, 7) is 1.96. The molecule has 1 N–H and O–H groups in total. The fourth-order valence-corrected chi connectivity index (χ4v) is 3.83. The van der Waals surface area contributed by atoms with Crippen LogP contribution in [0.5, 0.6) is 0 Å². The molecular weight excluding hydrogens is 238 g/mol. The van der Waals surface area contributed by atoms with Crippen molar-refractivity contribution in [3.05, 3.63) is 29.8 Å². The second-order valence-corrected chi connectivity index (χ2v) is 5.92.